The molecule has 1 aromatic carbocycles. The maximum Gasteiger partial charge on any atom is 0.0592 e. The van der Waals surface area contributed by atoms with Crippen molar-refractivity contribution in [1.29, 1.82) is 0 Å². The summed E-state index contributed by atoms with van der Waals surface area (Å²) in [5.41, 5.74) is 3.59. The summed E-state index contributed by atoms with van der Waals surface area (Å²) in [5, 5.41) is 10.3. The van der Waals surface area contributed by atoms with Gasteiger partial charge in [0.1, 0.15) is 0 Å². The van der Waals surface area contributed by atoms with Gasteiger partial charge >= 0.3 is 0 Å². The number of aromatic nitrogens is 3. The Hall–Kier alpha value is -2.16. The van der Waals surface area contributed by atoms with Gasteiger partial charge in [0, 0.05) is 27.8 Å². The second kappa shape index (κ2) is 3.70. The molecule has 2 heterocycles. The van der Waals surface area contributed by atoms with Crippen molar-refractivity contribution in [2.24, 2.45) is 0 Å². The molecule has 0 saturated carbocycles. The summed E-state index contributed by atoms with van der Waals surface area (Å²) < 4.78 is 2.24. The zero-order valence-corrected chi connectivity index (χ0v) is 9.88. The van der Waals surface area contributed by atoms with Gasteiger partial charge in [0.2, 0.25) is 0 Å². The van der Waals surface area contributed by atoms with Crippen molar-refractivity contribution in [2.45, 2.75) is 13.8 Å². The molecule has 0 atom stereocenters. The lowest BCUT2D eigenvalue weighted by atomic mass is 10.2. The standard InChI is InChI=1S/C14H13N3/c1-10-13-8-15-16-9-14(13)11(2)17(10)12-6-4-3-5-7-12/h3-9H,1-2H3. The van der Waals surface area contributed by atoms with E-state index in [4.69, 9.17) is 0 Å². The minimum absolute atomic E-state index is 1.17. The second-order valence-corrected chi connectivity index (χ2v) is 4.16. The van der Waals surface area contributed by atoms with Gasteiger partial charge in [-0.3, -0.25) is 0 Å². The van der Waals surface area contributed by atoms with Gasteiger partial charge in [-0.2, -0.15) is 10.2 Å². The Kier molecular flexibility index (Phi) is 2.18. The summed E-state index contributed by atoms with van der Waals surface area (Å²) >= 11 is 0. The number of fused-ring (bicyclic) bond motifs is 1. The maximum atomic E-state index is 3.96. The Labute approximate surface area is 99.7 Å². The van der Waals surface area contributed by atoms with Crippen LogP contribution in [0.3, 0.4) is 0 Å². The fourth-order valence-corrected chi connectivity index (χ4v) is 2.35. The molecule has 0 fully saturated rings. The van der Waals surface area contributed by atoms with Crippen molar-refractivity contribution < 1.29 is 0 Å². The Bertz CT molecular complexity index is 630. The number of aryl methyl sites for hydroxylation is 2. The molecule has 0 saturated heterocycles. The number of nitrogens with zero attached hydrogens (tertiary/aromatic N) is 3. The Morgan fingerprint density at radius 3 is 1.88 bits per heavy atom. The largest absolute Gasteiger partial charge is 0.317 e. The number of benzene rings is 1. The number of hydrogen-bond acceptors (Lipinski definition) is 2. The summed E-state index contributed by atoms with van der Waals surface area (Å²) in [4.78, 5) is 0. The first-order valence-corrected chi connectivity index (χ1v) is 5.63. The fraction of sp³-hybridized carbons (Fsp3) is 0.143. The predicted octanol–water partition coefficient (Wildman–Crippen LogP) is 3.04. The molecule has 0 N–H and O–H groups in total. The first-order chi connectivity index (χ1) is 8.29. The highest BCUT2D eigenvalue weighted by Crippen LogP contribution is 2.26. The van der Waals surface area contributed by atoms with E-state index >= 15 is 0 Å². The Morgan fingerprint density at radius 1 is 0.824 bits per heavy atom. The van der Waals surface area contributed by atoms with E-state index in [0.717, 1.165) is 0 Å². The van der Waals surface area contributed by atoms with Crippen LogP contribution in [-0.4, -0.2) is 14.8 Å². The van der Waals surface area contributed by atoms with Gasteiger partial charge in [-0.25, -0.2) is 0 Å². The zero-order valence-electron chi connectivity index (χ0n) is 9.88. The monoisotopic (exact) mass is 223 g/mol. The molecule has 2 aromatic heterocycles. The highest BCUT2D eigenvalue weighted by molar-refractivity contribution is 5.87. The molecule has 0 aliphatic rings. The van der Waals surface area contributed by atoms with Gasteiger partial charge in [-0.1, -0.05) is 18.2 Å². The summed E-state index contributed by atoms with van der Waals surface area (Å²) in [5.74, 6) is 0. The van der Waals surface area contributed by atoms with Gasteiger partial charge in [-0.05, 0) is 26.0 Å². The van der Waals surface area contributed by atoms with Crippen molar-refractivity contribution in [3.8, 4) is 5.69 Å². The van der Waals surface area contributed by atoms with Crippen LogP contribution in [0, 0.1) is 13.8 Å². The maximum absolute atomic E-state index is 3.96. The molecule has 3 rings (SSSR count). The van der Waals surface area contributed by atoms with E-state index in [9.17, 15) is 0 Å². The van der Waals surface area contributed by atoms with Crippen molar-refractivity contribution in [1.82, 2.24) is 14.8 Å². The van der Waals surface area contributed by atoms with E-state index in [1.165, 1.54) is 27.8 Å². The minimum atomic E-state index is 1.17. The number of hydrogen-bond donors (Lipinski definition) is 0. The molecule has 0 bridgehead atoms. The summed E-state index contributed by atoms with van der Waals surface area (Å²) in [6, 6.07) is 10.4. The zero-order chi connectivity index (χ0) is 11.8. The van der Waals surface area contributed by atoms with Crippen LogP contribution in [0.15, 0.2) is 42.7 Å². The molecule has 0 radical (unpaired) electrons. The molecule has 0 amide bonds. The molecule has 84 valence electrons. The third kappa shape index (κ3) is 1.43. The third-order valence-corrected chi connectivity index (χ3v) is 3.20. The van der Waals surface area contributed by atoms with Crippen LogP contribution >= 0.6 is 0 Å². The van der Waals surface area contributed by atoms with Crippen molar-refractivity contribution in [2.75, 3.05) is 0 Å². The summed E-state index contributed by atoms with van der Waals surface area (Å²) in [7, 11) is 0. The second-order valence-electron chi connectivity index (χ2n) is 4.16. The van der Waals surface area contributed by atoms with E-state index < -0.39 is 0 Å². The molecule has 3 aromatic rings. The average Bonchev–Trinajstić information content (AvgIpc) is 2.64. The molecule has 0 spiro atoms. The van der Waals surface area contributed by atoms with E-state index in [1.807, 2.05) is 18.5 Å². The molecule has 3 nitrogen and oxygen atoms in total. The van der Waals surface area contributed by atoms with Crippen LogP contribution in [0.5, 0.6) is 0 Å². The van der Waals surface area contributed by atoms with Crippen LogP contribution in [0.1, 0.15) is 11.4 Å². The molecule has 0 unspecified atom stereocenters. The van der Waals surface area contributed by atoms with Gasteiger partial charge in [0.05, 0.1) is 12.4 Å². The van der Waals surface area contributed by atoms with Crippen LogP contribution < -0.4 is 0 Å². The topological polar surface area (TPSA) is 30.7 Å². The molecule has 3 heteroatoms. The van der Waals surface area contributed by atoms with Crippen LogP contribution in [0.4, 0.5) is 0 Å². The average molecular weight is 223 g/mol. The van der Waals surface area contributed by atoms with Gasteiger partial charge in [-0.15, -0.1) is 0 Å². The first-order valence-electron chi connectivity index (χ1n) is 5.63. The Morgan fingerprint density at radius 2 is 1.35 bits per heavy atom. The Balaban J connectivity index is 2.38. The molecule has 0 aliphatic carbocycles. The molecular formula is C14H13N3. The molecule has 0 aliphatic heterocycles. The van der Waals surface area contributed by atoms with E-state index in [2.05, 4.69) is 52.9 Å². The lowest BCUT2D eigenvalue weighted by molar-refractivity contribution is 0.974. The van der Waals surface area contributed by atoms with Crippen LogP contribution in [-0.2, 0) is 0 Å². The lowest BCUT2D eigenvalue weighted by Crippen LogP contribution is -1.97. The van der Waals surface area contributed by atoms with Crippen molar-refractivity contribution in [3.05, 3.63) is 54.1 Å². The minimum Gasteiger partial charge on any atom is -0.317 e. The van der Waals surface area contributed by atoms with E-state index in [0.29, 0.717) is 0 Å². The quantitative estimate of drug-likeness (QED) is 0.634. The first kappa shape index (κ1) is 10.0. The van der Waals surface area contributed by atoms with E-state index in [1.54, 1.807) is 0 Å². The number of rotatable bonds is 1. The van der Waals surface area contributed by atoms with Crippen molar-refractivity contribution >= 4 is 10.8 Å². The fourth-order valence-electron chi connectivity index (χ4n) is 2.35. The van der Waals surface area contributed by atoms with Crippen LogP contribution in [0.25, 0.3) is 16.5 Å². The van der Waals surface area contributed by atoms with Gasteiger partial charge in [0.15, 0.2) is 0 Å². The highest BCUT2D eigenvalue weighted by atomic mass is 15.1. The smallest absolute Gasteiger partial charge is 0.0592 e. The van der Waals surface area contributed by atoms with Gasteiger partial charge in [0.25, 0.3) is 0 Å². The van der Waals surface area contributed by atoms with E-state index in [-0.39, 0.29) is 0 Å². The van der Waals surface area contributed by atoms with Crippen LogP contribution in [0.2, 0.25) is 0 Å². The van der Waals surface area contributed by atoms with Crippen molar-refractivity contribution in [3.63, 3.8) is 0 Å². The highest BCUT2D eigenvalue weighted by Gasteiger charge is 2.11. The molecule has 17 heavy (non-hydrogen) atoms. The third-order valence-electron chi connectivity index (χ3n) is 3.20. The summed E-state index contributed by atoms with van der Waals surface area (Å²) in [6.07, 6.45) is 3.66. The number of para-hydroxylation sites is 1. The van der Waals surface area contributed by atoms with Gasteiger partial charge < -0.3 is 4.57 Å². The SMILES string of the molecule is Cc1c2cnncc2c(C)n1-c1ccccc1. The predicted molar refractivity (Wildman–Crippen MR) is 68.3 cm³/mol. The normalized spacial score (nSPS) is 10.9. The molecular weight excluding hydrogens is 210 g/mol. The lowest BCUT2D eigenvalue weighted by Gasteiger charge is -2.08. The summed E-state index contributed by atoms with van der Waals surface area (Å²) in [6.45, 7) is 4.23.